The number of benzene rings is 1. The normalized spacial score (nSPS) is 11.5. The Hall–Kier alpha value is -0.850. The Morgan fingerprint density at radius 3 is 2.11 bits per heavy atom. The minimum absolute atomic E-state index is 0.354. The first-order valence-corrected chi connectivity index (χ1v) is 5.76. The van der Waals surface area contributed by atoms with Gasteiger partial charge < -0.3 is 9.84 Å². The largest absolute Gasteiger partial charge is 0.494 e. The van der Waals surface area contributed by atoms with Gasteiger partial charge >= 0.3 is 12.1 Å². The zero-order chi connectivity index (χ0) is 15.0. The van der Waals surface area contributed by atoms with Crippen LogP contribution >= 0.6 is 34.8 Å². The van der Waals surface area contributed by atoms with Crippen molar-refractivity contribution in [3.63, 3.8) is 0 Å². The van der Waals surface area contributed by atoms with E-state index in [1.54, 1.807) is 0 Å². The number of carboxylic acids is 1. The van der Waals surface area contributed by atoms with Gasteiger partial charge in [-0.05, 0) is 0 Å². The molecule has 0 amide bonds. The van der Waals surface area contributed by atoms with Gasteiger partial charge in [0.15, 0.2) is 5.75 Å². The first-order valence-electron chi connectivity index (χ1n) is 4.63. The van der Waals surface area contributed by atoms with Crippen molar-refractivity contribution in [1.29, 1.82) is 0 Å². The van der Waals surface area contributed by atoms with Crippen molar-refractivity contribution < 1.29 is 27.8 Å². The summed E-state index contributed by atoms with van der Waals surface area (Å²) < 4.78 is 43.3. The summed E-state index contributed by atoms with van der Waals surface area (Å²) >= 11 is 16.9. The van der Waals surface area contributed by atoms with Crippen molar-refractivity contribution in [2.75, 3.05) is 7.11 Å². The van der Waals surface area contributed by atoms with Gasteiger partial charge in [0.05, 0.1) is 34.2 Å². The van der Waals surface area contributed by atoms with Gasteiger partial charge in [-0.1, -0.05) is 34.8 Å². The van der Waals surface area contributed by atoms with E-state index in [9.17, 15) is 18.0 Å². The molecule has 1 aromatic carbocycles. The number of hydrogen-bond donors (Lipinski definition) is 1. The summed E-state index contributed by atoms with van der Waals surface area (Å²) in [4.78, 5) is 10.6. The molecule has 0 aliphatic carbocycles. The van der Waals surface area contributed by atoms with Gasteiger partial charge in [-0.25, -0.2) is 0 Å². The number of aliphatic carboxylic acids is 1. The molecule has 0 heterocycles. The van der Waals surface area contributed by atoms with Gasteiger partial charge in [-0.2, -0.15) is 13.2 Å². The van der Waals surface area contributed by atoms with E-state index in [2.05, 4.69) is 4.74 Å². The highest BCUT2D eigenvalue weighted by molar-refractivity contribution is 6.42. The highest BCUT2D eigenvalue weighted by Gasteiger charge is 2.40. The number of ether oxygens (including phenoxy) is 1. The molecule has 0 fully saturated rings. The Morgan fingerprint density at radius 2 is 1.74 bits per heavy atom. The van der Waals surface area contributed by atoms with Gasteiger partial charge in [0.25, 0.3) is 0 Å². The molecule has 0 atom stereocenters. The molecule has 0 saturated carbocycles. The van der Waals surface area contributed by atoms with Crippen LogP contribution in [-0.4, -0.2) is 18.2 Å². The highest BCUT2D eigenvalue weighted by Crippen LogP contribution is 2.49. The summed E-state index contributed by atoms with van der Waals surface area (Å²) in [5.74, 6) is -1.85. The van der Waals surface area contributed by atoms with Gasteiger partial charge in [-0.3, -0.25) is 4.79 Å². The van der Waals surface area contributed by atoms with Crippen LogP contribution in [0.5, 0.6) is 5.75 Å². The topological polar surface area (TPSA) is 46.5 Å². The second-order valence-electron chi connectivity index (χ2n) is 3.40. The van der Waals surface area contributed by atoms with Crippen LogP contribution in [0.1, 0.15) is 11.1 Å². The Morgan fingerprint density at radius 1 is 1.21 bits per heavy atom. The highest BCUT2D eigenvalue weighted by atomic mass is 35.5. The Bertz CT molecular complexity index is 529. The quantitative estimate of drug-likeness (QED) is 0.894. The smallest absolute Gasteiger partial charge is 0.419 e. The average Bonchev–Trinajstić information content (AvgIpc) is 2.22. The van der Waals surface area contributed by atoms with Gasteiger partial charge in [-0.15, -0.1) is 0 Å². The first-order chi connectivity index (χ1) is 8.61. The monoisotopic (exact) mass is 336 g/mol. The fourth-order valence-corrected chi connectivity index (χ4v) is 2.64. The molecule has 19 heavy (non-hydrogen) atoms. The molecule has 9 heteroatoms. The molecule has 1 aromatic rings. The summed E-state index contributed by atoms with van der Waals surface area (Å²) in [7, 11) is 1.06. The molecule has 106 valence electrons. The van der Waals surface area contributed by atoms with Crippen LogP contribution in [-0.2, 0) is 17.4 Å². The Balaban J connectivity index is 3.71. The van der Waals surface area contributed by atoms with Gasteiger partial charge in [0, 0.05) is 5.56 Å². The third-order valence-electron chi connectivity index (χ3n) is 2.18. The molecule has 0 saturated heterocycles. The molecule has 0 aliphatic rings. The van der Waals surface area contributed by atoms with E-state index in [-0.39, 0.29) is 5.02 Å². The SMILES string of the molecule is COc1c(Cl)c(CC(=O)O)c(Cl)c(C(F)(F)F)c1Cl. The molecular weight excluding hydrogens is 331 g/mol. The van der Waals surface area contributed by atoms with Crippen molar-refractivity contribution in [2.45, 2.75) is 12.6 Å². The van der Waals surface area contributed by atoms with Gasteiger partial charge in [0.1, 0.15) is 0 Å². The van der Waals surface area contributed by atoms with Crippen LogP contribution in [0.2, 0.25) is 15.1 Å². The van der Waals surface area contributed by atoms with Crippen LogP contribution in [0.3, 0.4) is 0 Å². The standard InChI is InChI=1S/C10H6Cl3F3O3/c1-19-9-7(12)3(2-4(17)18)6(11)5(8(9)13)10(14,15)16/h2H2,1H3,(H,17,18). The van der Waals surface area contributed by atoms with Crippen molar-refractivity contribution in [3.8, 4) is 5.75 Å². The first kappa shape index (κ1) is 16.2. The maximum absolute atomic E-state index is 12.9. The zero-order valence-corrected chi connectivity index (χ0v) is 11.5. The summed E-state index contributed by atoms with van der Waals surface area (Å²) in [6, 6.07) is 0. The summed E-state index contributed by atoms with van der Waals surface area (Å²) in [6.45, 7) is 0. The minimum Gasteiger partial charge on any atom is -0.494 e. The lowest BCUT2D eigenvalue weighted by molar-refractivity contribution is -0.138. The van der Waals surface area contributed by atoms with Crippen LogP contribution in [0.4, 0.5) is 13.2 Å². The predicted octanol–water partition coefficient (Wildman–Crippen LogP) is 4.30. The molecule has 1 rings (SSSR count). The molecular formula is C10H6Cl3F3O3. The number of hydrogen-bond acceptors (Lipinski definition) is 2. The third-order valence-corrected chi connectivity index (χ3v) is 3.36. The number of methoxy groups -OCH3 is 1. The van der Waals surface area contributed by atoms with Crippen LogP contribution in [0, 0.1) is 0 Å². The van der Waals surface area contributed by atoms with Crippen LogP contribution in [0.15, 0.2) is 0 Å². The van der Waals surface area contributed by atoms with Crippen LogP contribution in [0.25, 0.3) is 0 Å². The number of carboxylic acid groups (broad SMARTS) is 1. The molecule has 0 spiro atoms. The van der Waals surface area contributed by atoms with Gasteiger partial charge in [0.2, 0.25) is 0 Å². The van der Waals surface area contributed by atoms with E-state index in [0.717, 1.165) is 7.11 Å². The van der Waals surface area contributed by atoms with E-state index < -0.39 is 45.5 Å². The lowest BCUT2D eigenvalue weighted by Crippen LogP contribution is -2.12. The molecule has 0 aliphatic heterocycles. The van der Waals surface area contributed by atoms with E-state index in [0.29, 0.717) is 0 Å². The van der Waals surface area contributed by atoms with Crippen molar-refractivity contribution in [3.05, 3.63) is 26.2 Å². The molecule has 0 aromatic heterocycles. The molecule has 0 unspecified atom stereocenters. The van der Waals surface area contributed by atoms with Crippen LogP contribution < -0.4 is 4.74 Å². The van der Waals surface area contributed by atoms with E-state index in [4.69, 9.17) is 39.9 Å². The zero-order valence-electron chi connectivity index (χ0n) is 9.24. The summed E-state index contributed by atoms with van der Waals surface area (Å²) in [5, 5.41) is 6.67. The number of carbonyl (C=O) groups is 1. The van der Waals surface area contributed by atoms with Crippen molar-refractivity contribution >= 4 is 40.8 Å². The Labute approximate surface area is 120 Å². The number of halogens is 6. The summed E-state index contributed by atoms with van der Waals surface area (Å²) in [5.41, 5.74) is -1.77. The lowest BCUT2D eigenvalue weighted by atomic mass is 10.1. The predicted molar refractivity (Wildman–Crippen MR) is 64.4 cm³/mol. The van der Waals surface area contributed by atoms with E-state index in [1.807, 2.05) is 0 Å². The average molecular weight is 338 g/mol. The third kappa shape index (κ3) is 3.19. The number of alkyl halides is 3. The lowest BCUT2D eigenvalue weighted by Gasteiger charge is -2.18. The molecule has 0 bridgehead atoms. The molecule has 0 radical (unpaired) electrons. The second kappa shape index (κ2) is 5.64. The van der Waals surface area contributed by atoms with E-state index >= 15 is 0 Å². The molecule has 3 nitrogen and oxygen atoms in total. The maximum Gasteiger partial charge on any atom is 0.419 e. The minimum atomic E-state index is -4.86. The second-order valence-corrected chi connectivity index (χ2v) is 4.53. The van der Waals surface area contributed by atoms with Crippen molar-refractivity contribution in [1.82, 2.24) is 0 Å². The van der Waals surface area contributed by atoms with E-state index in [1.165, 1.54) is 0 Å². The Kier molecular flexibility index (Phi) is 4.81. The van der Waals surface area contributed by atoms with Crippen molar-refractivity contribution in [2.24, 2.45) is 0 Å². The maximum atomic E-state index is 12.9. The number of rotatable bonds is 3. The fourth-order valence-electron chi connectivity index (χ4n) is 1.43. The summed E-state index contributed by atoms with van der Waals surface area (Å²) in [6.07, 6.45) is -5.65. The fraction of sp³-hybridized carbons (Fsp3) is 0.300. The molecule has 1 N–H and O–H groups in total.